The van der Waals surface area contributed by atoms with E-state index in [9.17, 15) is 22.8 Å². The topological polar surface area (TPSA) is 105 Å². The van der Waals surface area contributed by atoms with Gasteiger partial charge in [-0.25, -0.2) is 0 Å². The van der Waals surface area contributed by atoms with Crippen molar-refractivity contribution in [2.75, 3.05) is 48.7 Å². The Balaban J connectivity index is 1.14. The average Bonchev–Trinajstić information content (AvgIpc) is 3.58. The summed E-state index contributed by atoms with van der Waals surface area (Å²) in [5.74, 6) is -0.863. The summed E-state index contributed by atoms with van der Waals surface area (Å²) in [6, 6.07) is 18.0. The fourth-order valence-corrected chi connectivity index (χ4v) is 5.76. The monoisotopic (exact) mass is 629 g/mol. The van der Waals surface area contributed by atoms with Gasteiger partial charge in [0.2, 0.25) is 0 Å². The molecule has 0 radical (unpaired) electrons. The Kier molecular flexibility index (Phi) is 8.65. The first-order chi connectivity index (χ1) is 22.1. The number of piperazine rings is 1. The lowest BCUT2D eigenvalue weighted by Gasteiger charge is -2.34. The van der Waals surface area contributed by atoms with Crippen LogP contribution in [0.4, 0.5) is 35.9 Å². The van der Waals surface area contributed by atoms with E-state index in [1.165, 1.54) is 12.1 Å². The quantitative estimate of drug-likeness (QED) is 0.169. The highest BCUT2D eigenvalue weighted by Crippen LogP contribution is 2.36. The minimum Gasteiger partial charge on any atom is -0.355 e. The molecule has 0 saturated carbocycles. The third kappa shape index (κ3) is 6.98. The fourth-order valence-electron chi connectivity index (χ4n) is 5.76. The minimum absolute atomic E-state index is 0.0752. The first-order valence-electron chi connectivity index (χ1n) is 15.1. The summed E-state index contributed by atoms with van der Waals surface area (Å²) in [4.78, 5) is 30.0. The van der Waals surface area contributed by atoms with Crippen LogP contribution in [0.1, 0.15) is 45.4 Å². The van der Waals surface area contributed by atoms with Crippen LogP contribution in [0.2, 0.25) is 0 Å². The summed E-state index contributed by atoms with van der Waals surface area (Å²) in [7, 11) is 0. The van der Waals surface area contributed by atoms with Crippen LogP contribution in [0.25, 0.3) is 11.6 Å². The van der Waals surface area contributed by atoms with Gasteiger partial charge in [-0.05, 0) is 73.6 Å². The molecule has 0 spiro atoms. The number of carbonyl (C=O) groups is 2. The number of nitrogens with zero attached hydrogens (tertiary/aromatic N) is 3. The summed E-state index contributed by atoms with van der Waals surface area (Å²) >= 11 is 0. The van der Waals surface area contributed by atoms with Gasteiger partial charge in [-0.1, -0.05) is 25.1 Å². The number of benzene rings is 3. The molecule has 12 heteroatoms. The van der Waals surface area contributed by atoms with Gasteiger partial charge < -0.3 is 20.9 Å². The number of hydrogen-bond donors (Lipinski definition) is 4. The molecule has 2 aliphatic heterocycles. The lowest BCUT2D eigenvalue weighted by Crippen LogP contribution is -2.45. The van der Waals surface area contributed by atoms with Crippen LogP contribution in [0, 0.1) is 6.92 Å². The number of aryl methyl sites for hydroxylation is 1. The lowest BCUT2D eigenvalue weighted by atomic mass is 10.0. The zero-order valence-electron chi connectivity index (χ0n) is 25.5. The van der Waals surface area contributed by atoms with E-state index in [-0.39, 0.29) is 23.6 Å². The van der Waals surface area contributed by atoms with Crippen molar-refractivity contribution in [1.82, 2.24) is 20.0 Å². The number of alkyl halides is 3. The molecular formula is C34H34F3N7O2. The molecule has 6 rings (SSSR count). The molecule has 1 saturated heterocycles. The van der Waals surface area contributed by atoms with E-state index in [4.69, 9.17) is 0 Å². The van der Waals surface area contributed by atoms with E-state index in [1.54, 1.807) is 30.3 Å². The Hall–Kier alpha value is -4.94. The Bertz CT molecular complexity index is 1810. The largest absolute Gasteiger partial charge is 0.416 e. The summed E-state index contributed by atoms with van der Waals surface area (Å²) in [6.45, 7) is 8.06. The summed E-state index contributed by atoms with van der Waals surface area (Å²) in [5, 5.41) is 15.8. The molecule has 0 bridgehead atoms. The highest BCUT2D eigenvalue weighted by Gasteiger charge is 2.35. The van der Waals surface area contributed by atoms with Crippen LogP contribution in [0.15, 0.2) is 66.7 Å². The van der Waals surface area contributed by atoms with Gasteiger partial charge in [0.15, 0.2) is 0 Å². The molecule has 3 aromatic carbocycles. The van der Waals surface area contributed by atoms with Gasteiger partial charge in [0.1, 0.15) is 0 Å². The van der Waals surface area contributed by atoms with Crippen molar-refractivity contribution in [2.45, 2.75) is 26.6 Å². The number of fused-ring (bicyclic) bond motifs is 1. The number of H-pyrrole nitrogens is 1. The van der Waals surface area contributed by atoms with E-state index < -0.39 is 17.6 Å². The van der Waals surface area contributed by atoms with Gasteiger partial charge in [-0.3, -0.25) is 19.6 Å². The molecule has 1 fully saturated rings. The second-order valence-electron chi connectivity index (χ2n) is 11.5. The zero-order valence-corrected chi connectivity index (χ0v) is 25.5. The van der Waals surface area contributed by atoms with Crippen molar-refractivity contribution >= 4 is 46.2 Å². The molecule has 0 unspecified atom stereocenters. The highest BCUT2D eigenvalue weighted by atomic mass is 19.4. The van der Waals surface area contributed by atoms with E-state index in [1.807, 2.05) is 36.1 Å². The standard InChI is InChI=1S/C34H34F3N7O2/c1-3-43-11-13-44(14-12-43)20-23-8-7-22(16-30(23)34(35,36)37)32(45)39-25-6-4-5-24(17-25)38-26-9-10-28-29(33(46)40-31(28)19-26)18-27-15-21(2)41-42-27/h4-10,15-19,38H,3,11-14,20H2,1-2H3,(H,39,45)(H,40,46)(H,41,42)/b29-18-. The Labute approximate surface area is 264 Å². The summed E-state index contributed by atoms with van der Waals surface area (Å²) < 4.78 is 42.2. The van der Waals surface area contributed by atoms with Gasteiger partial charge in [-0.2, -0.15) is 18.3 Å². The third-order valence-corrected chi connectivity index (χ3v) is 8.22. The number of anilines is 4. The number of hydrogen-bond acceptors (Lipinski definition) is 6. The van der Waals surface area contributed by atoms with Crippen LogP contribution in [0.5, 0.6) is 0 Å². The number of rotatable bonds is 8. The van der Waals surface area contributed by atoms with Crippen molar-refractivity contribution in [1.29, 1.82) is 0 Å². The van der Waals surface area contributed by atoms with Crippen molar-refractivity contribution in [3.63, 3.8) is 0 Å². The van der Waals surface area contributed by atoms with Gasteiger partial charge in [0.25, 0.3) is 11.8 Å². The summed E-state index contributed by atoms with van der Waals surface area (Å²) in [5.41, 5.74) is 4.50. The maximum Gasteiger partial charge on any atom is 0.416 e. The average molecular weight is 630 g/mol. The van der Waals surface area contributed by atoms with E-state index >= 15 is 0 Å². The second kappa shape index (κ2) is 12.8. The molecule has 4 aromatic rings. The molecule has 3 heterocycles. The Morgan fingerprint density at radius 3 is 2.41 bits per heavy atom. The van der Waals surface area contributed by atoms with Crippen molar-refractivity contribution in [2.24, 2.45) is 0 Å². The SMILES string of the molecule is CCN1CCN(Cc2ccc(C(=O)Nc3cccc(Nc4ccc5c(c4)NC(=O)/C5=C\c4cc(C)n[nH]4)c3)cc2C(F)(F)F)CC1. The zero-order chi connectivity index (χ0) is 32.4. The van der Waals surface area contributed by atoms with Crippen molar-refractivity contribution in [3.05, 3.63) is 100 Å². The minimum atomic E-state index is -4.59. The van der Waals surface area contributed by atoms with Gasteiger partial charge >= 0.3 is 6.18 Å². The molecule has 46 heavy (non-hydrogen) atoms. The number of likely N-dealkylation sites (N-methyl/N-ethyl adjacent to an activating group) is 1. The number of halogens is 3. The van der Waals surface area contributed by atoms with Gasteiger partial charge in [-0.15, -0.1) is 0 Å². The predicted octanol–water partition coefficient (Wildman–Crippen LogP) is 6.36. The Morgan fingerprint density at radius 1 is 0.957 bits per heavy atom. The molecule has 2 amide bonds. The maximum atomic E-state index is 14.1. The molecule has 0 atom stereocenters. The van der Waals surface area contributed by atoms with E-state index in [0.717, 1.165) is 42.7 Å². The maximum absolute atomic E-state index is 14.1. The molecule has 4 N–H and O–H groups in total. The molecule has 2 aliphatic rings. The van der Waals surface area contributed by atoms with Crippen molar-refractivity contribution in [3.8, 4) is 0 Å². The molecule has 0 aliphatic carbocycles. The van der Waals surface area contributed by atoms with E-state index in [0.29, 0.717) is 41.4 Å². The lowest BCUT2D eigenvalue weighted by molar-refractivity contribution is -0.138. The molecular weight excluding hydrogens is 595 g/mol. The predicted molar refractivity (Wildman–Crippen MR) is 173 cm³/mol. The van der Waals surface area contributed by atoms with E-state index in [2.05, 4.69) is 38.0 Å². The normalized spacial score (nSPS) is 16.4. The van der Waals surface area contributed by atoms with Crippen LogP contribution >= 0.6 is 0 Å². The van der Waals surface area contributed by atoms with Crippen LogP contribution in [-0.4, -0.2) is 64.5 Å². The number of nitrogens with one attached hydrogen (secondary N) is 4. The first kappa shape index (κ1) is 31.1. The first-order valence-corrected chi connectivity index (χ1v) is 15.1. The Morgan fingerprint density at radius 2 is 1.70 bits per heavy atom. The van der Waals surface area contributed by atoms with Crippen LogP contribution < -0.4 is 16.0 Å². The van der Waals surface area contributed by atoms with Crippen molar-refractivity contribution < 1.29 is 22.8 Å². The molecule has 238 valence electrons. The molecule has 9 nitrogen and oxygen atoms in total. The second-order valence-corrected chi connectivity index (χ2v) is 11.5. The van der Waals surface area contributed by atoms with Crippen LogP contribution in [0.3, 0.4) is 0 Å². The number of amides is 2. The van der Waals surface area contributed by atoms with Crippen LogP contribution in [-0.2, 0) is 17.5 Å². The highest BCUT2D eigenvalue weighted by molar-refractivity contribution is 6.35. The number of aromatic amines is 1. The van der Waals surface area contributed by atoms with Gasteiger partial charge in [0.05, 0.1) is 28.2 Å². The number of aromatic nitrogens is 2. The fraction of sp³-hybridized carbons (Fsp3) is 0.265. The third-order valence-electron chi connectivity index (χ3n) is 8.22. The number of carbonyl (C=O) groups excluding carboxylic acids is 2. The van der Waals surface area contributed by atoms with Gasteiger partial charge in [0, 0.05) is 60.9 Å². The smallest absolute Gasteiger partial charge is 0.355 e. The summed E-state index contributed by atoms with van der Waals surface area (Å²) in [6.07, 6.45) is -2.84. The molecule has 1 aromatic heterocycles.